The van der Waals surface area contributed by atoms with Gasteiger partial charge in [0.05, 0.1) is 6.61 Å². The minimum atomic E-state index is -0.215. The zero-order chi connectivity index (χ0) is 19.8. The molecule has 0 unspecified atom stereocenters. The summed E-state index contributed by atoms with van der Waals surface area (Å²) in [5.74, 6) is 1.31. The standard InChI is InChI=1S/C21H32FN5O.HI/c1-23-21(26-14-16-6-9-27(10-7-16)11-12-28-2)24-8-5-17-15-25-20-13-18(22)3-4-19(17)20;/h3-4,13,15-16,25H,5-12,14H2,1-2H3,(H2,23,24,26);1H. The number of hydrogen-bond acceptors (Lipinski definition) is 3. The molecule has 0 bridgehead atoms. The van der Waals surface area contributed by atoms with Crippen molar-refractivity contribution in [2.24, 2.45) is 10.9 Å². The largest absolute Gasteiger partial charge is 0.383 e. The summed E-state index contributed by atoms with van der Waals surface area (Å²) in [7, 11) is 3.56. The summed E-state index contributed by atoms with van der Waals surface area (Å²) in [5.41, 5.74) is 2.02. The Hall–Kier alpha value is -1.39. The number of guanidine groups is 1. The summed E-state index contributed by atoms with van der Waals surface area (Å²) >= 11 is 0. The monoisotopic (exact) mass is 517 g/mol. The van der Waals surface area contributed by atoms with Gasteiger partial charge in [0.1, 0.15) is 5.82 Å². The van der Waals surface area contributed by atoms with Crippen molar-refractivity contribution in [2.75, 3.05) is 53.5 Å². The molecule has 0 amide bonds. The van der Waals surface area contributed by atoms with Crippen LogP contribution in [0.25, 0.3) is 10.9 Å². The van der Waals surface area contributed by atoms with Crippen LogP contribution in [-0.4, -0.2) is 69.3 Å². The number of hydrogen-bond donors (Lipinski definition) is 3. The molecule has 0 spiro atoms. The van der Waals surface area contributed by atoms with E-state index in [2.05, 4.69) is 25.5 Å². The van der Waals surface area contributed by atoms with Crippen LogP contribution in [0.2, 0.25) is 0 Å². The van der Waals surface area contributed by atoms with Crippen LogP contribution in [-0.2, 0) is 11.2 Å². The molecular weight excluding hydrogens is 484 g/mol. The maximum atomic E-state index is 13.3. The number of nitrogens with zero attached hydrogens (tertiary/aromatic N) is 2. The van der Waals surface area contributed by atoms with E-state index in [9.17, 15) is 4.39 Å². The molecule has 3 N–H and O–H groups in total. The molecule has 0 atom stereocenters. The number of nitrogens with one attached hydrogen (secondary N) is 3. The van der Waals surface area contributed by atoms with Crippen LogP contribution in [0, 0.1) is 11.7 Å². The summed E-state index contributed by atoms with van der Waals surface area (Å²) in [6.07, 6.45) is 5.22. The second kappa shape index (κ2) is 12.3. The van der Waals surface area contributed by atoms with Crippen molar-refractivity contribution in [1.82, 2.24) is 20.5 Å². The average Bonchev–Trinajstić information content (AvgIpc) is 3.11. The zero-order valence-corrected chi connectivity index (χ0v) is 19.7. The lowest BCUT2D eigenvalue weighted by atomic mass is 9.97. The number of halogens is 2. The maximum absolute atomic E-state index is 13.3. The lowest BCUT2D eigenvalue weighted by molar-refractivity contribution is 0.121. The predicted molar refractivity (Wildman–Crippen MR) is 128 cm³/mol. The first-order valence-corrected chi connectivity index (χ1v) is 10.1. The number of piperidine rings is 1. The van der Waals surface area contributed by atoms with E-state index in [0.29, 0.717) is 5.92 Å². The number of aliphatic imine (C=N–C) groups is 1. The average molecular weight is 517 g/mol. The van der Waals surface area contributed by atoms with Crippen LogP contribution in [0.5, 0.6) is 0 Å². The summed E-state index contributed by atoms with van der Waals surface area (Å²) in [6.45, 7) is 5.85. The molecule has 3 rings (SSSR count). The Kier molecular flexibility index (Phi) is 10.2. The van der Waals surface area contributed by atoms with E-state index < -0.39 is 0 Å². The van der Waals surface area contributed by atoms with Crippen LogP contribution < -0.4 is 10.6 Å². The minimum Gasteiger partial charge on any atom is -0.383 e. The molecule has 1 aliphatic heterocycles. The van der Waals surface area contributed by atoms with Gasteiger partial charge in [-0.05, 0) is 62.0 Å². The van der Waals surface area contributed by atoms with E-state index >= 15 is 0 Å². The van der Waals surface area contributed by atoms with Crippen molar-refractivity contribution in [3.63, 3.8) is 0 Å². The molecule has 2 heterocycles. The Balaban J connectivity index is 0.00000300. The molecule has 2 aromatic rings. The SMILES string of the molecule is CN=C(NCCc1c[nH]c2cc(F)ccc12)NCC1CCN(CCOC)CC1.I. The van der Waals surface area contributed by atoms with Crippen molar-refractivity contribution in [1.29, 1.82) is 0 Å². The number of ether oxygens (including phenoxy) is 1. The van der Waals surface area contributed by atoms with E-state index in [4.69, 9.17) is 4.74 Å². The van der Waals surface area contributed by atoms with Crippen molar-refractivity contribution in [2.45, 2.75) is 19.3 Å². The zero-order valence-electron chi connectivity index (χ0n) is 17.3. The lowest BCUT2D eigenvalue weighted by Crippen LogP contribution is -2.43. The first-order chi connectivity index (χ1) is 13.7. The van der Waals surface area contributed by atoms with Crippen LogP contribution in [0.1, 0.15) is 18.4 Å². The van der Waals surface area contributed by atoms with Gasteiger partial charge in [-0.15, -0.1) is 24.0 Å². The molecular formula is C21H33FIN5O. The number of fused-ring (bicyclic) bond motifs is 1. The number of likely N-dealkylation sites (tertiary alicyclic amines) is 1. The summed E-state index contributed by atoms with van der Waals surface area (Å²) in [5, 5.41) is 7.92. The molecule has 0 radical (unpaired) electrons. The lowest BCUT2D eigenvalue weighted by Gasteiger charge is -2.32. The molecule has 1 saturated heterocycles. The summed E-state index contributed by atoms with van der Waals surface area (Å²) in [6, 6.07) is 4.88. The normalized spacial score (nSPS) is 16.0. The van der Waals surface area contributed by atoms with Crippen molar-refractivity contribution in [3.05, 3.63) is 35.8 Å². The van der Waals surface area contributed by atoms with Crippen LogP contribution in [0.3, 0.4) is 0 Å². The van der Waals surface area contributed by atoms with Crippen LogP contribution >= 0.6 is 24.0 Å². The second-order valence-corrected chi connectivity index (χ2v) is 7.41. The summed E-state index contributed by atoms with van der Waals surface area (Å²) in [4.78, 5) is 9.94. The van der Waals surface area contributed by atoms with Gasteiger partial charge in [-0.1, -0.05) is 0 Å². The van der Waals surface area contributed by atoms with Crippen LogP contribution in [0.4, 0.5) is 4.39 Å². The van der Waals surface area contributed by atoms with Gasteiger partial charge >= 0.3 is 0 Å². The number of methoxy groups -OCH3 is 1. The third-order valence-electron chi connectivity index (χ3n) is 5.52. The van der Waals surface area contributed by atoms with E-state index in [1.807, 2.05) is 12.3 Å². The van der Waals surface area contributed by atoms with Crippen LogP contribution in [0.15, 0.2) is 29.4 Å². The highest BCUT2D eigenvalue weighted by Gasteiger charge is 2.19. The molecule has 1 aromatic heterocycles. The van der Waals surface area contributed by atoms with E-state index in [0.717, 1.165) is 62.6 Å². The van der Waals surface area contributed by atoms with Gasteiger partial charge in [-0.2, -0.15) is 0 Å². The Morgan fingerprint density at radius 1 is 1.31 bits per heavy atom. The van der Waals surface area contributed by atoms with Gasteiger partial charge in [-0.25, -0.2) is 4.39 Å². The number of benzene rings is 1. The fourth-order valence-corrected chi connectivity index (χ4v) is 3.78. The predicted octanol–water partition coefficient (Wildman–Crippen LogP) is 2.99. The van der Waals surface area contributed by atoms with Gasteiger partial charge in [-0.3, -0.25) is 4.99 Å². The van der Waals surface area contributed by atoms with Crippen molar-refractivity contribution in [3.8, 4) is 0 Å². The van der Waals surface area contributed by atoms with E-state index in [-0.39, 0.29) is 29.8 Å². The van der Waals surface area contributed by atoms with Gasteiger partial charge in [0.25, 0.3) is 0 Å². The fourth-order valence-electron chi connectivity index (χ4n) is 3.78. The van der Waals surface area contributed by atoms with Gasteiger partial charge in [0.15, 0.2) is 5.96 Å². The highest BCUT2D eigenvalue weighted by atomic mass is 127. The smallest absolute Gasteiger partial charge is 0.190 e. The third-order valence-corrected chi connectivity index (χ3v) is 5.52. The molecule has 6 nitrogen and oxygen atoms in total. The quantitative estimate of drug-likeness (QED) is 0.286. The number of H-pyrrole nitrogens is 1. The van der Waals surface area contributed by atoms with Crippen molar-refractivity contribution < 1.29 is 9.13 Å². The highest BCUT2D eigenvalue weighted by Crippen LogP contribution is 2.19. The van der Waals surface area contributed by atoms with Gasteiger partial charge in [0, 0.05) is 50.9 Å². The maximum Gasteiger partial charge on any atom is 0.190 e. The molecule has 162 valence electrons. The Morgan fingerprint density at radius 3 is 2.83 bits per heavy atom. The fraction of sp³-hybridized carbons (Fsp3) is 0.571. The minimum absolute atomic E-state index is 0. The highest BCUT2D eigenvalue weighted by molar-refractivity contribution is 14.0. The molecule has 1 aliphatic rings. The Morgan fingerprint density at radius 2 is 2.10 bits per heavy atom. The second-order valence-electron chi connectivity index (χ2n) is 7.41. The first-order valence-electron chi connectivity index (χ1n) is 10.1. The Labute approximate surface area is 189 Å². The molecule has 0 saturated carbocycles. The number of rotatable bonds is 8. The summed E-state index contributed by atoms with van der Waals surface area (Å²) < 4.78 is 18.5. The molecule has 29 heavy (non-hydrogen) atoms. The number of aromatic amines is 1. The van der Waals surface area contributed by atoms with E-state index in [1.54, 1.807) is 14.2 Å². The first kappa shape index (κ1) is 23.9. The molecule has 1 fully saturated rings. The number of aromatic nitrogens is 1. The van der Waals surface area contributed by atoms with Crippen molar-refractivity contribution >= 4 is 40.8 Å². The molecule has 0 aliphatic carbocycles. The topological polar surface area (TPSA) is 64.7 Å². The third kappa shape index (κ3) is 7.11. The van der Waals surface area contributed by atoms with E-state index in [1.165, 1.54) is 30.5 Å². The Bertz CT molecular complexity index is 774. The van der Waals surface area contributed by atoms with Gasteiger partial charge < -0.3 is 25.3 Å². The molecule has 1 aromatic carbocycles. The molecule has 8 heteroatoms. The van der Waals surface area contributed by atoms with Gasteiger partial charge in [0.2, 0.25) is 0 Å².